The van der Waals surface area contributed by atoms with Gasteiger partial charge in [-0.2, -0.15) is 0 Å². The molecule has 0 aliphatic carbocycles. The Labute approximate surface area is 272 Å². The molecule has 0 unspecified atom stereocenters. The van der Waals surface area contributed by atoms with E-state index < -0.39 is 155 Å². The summed E-state index contributed by atoms with van der Waals surface area (Å²) in [5.41, 5.74) is 0. The number of aliphatic hydroxyl groups is 14. The molecule has 0 aromatic heterocycles. The molecule has 3 saturated heterocycles. The van der Waals surface area contributed by atoms with E-state index in [1.807, 2.05) is 0 Å². The van der Waals surface area contributed by atoms with Crippen LogP contribution in [-0.2, 0) is 33.2 Å². The minimum atomic E-state index is -2.05. The van der Waals surface area contributed by atoms with Crippen molar-refractivity contribution in [3.63, 3.8) is 0 Å². The second-order valence-corrected chi connectivity index (χ2v) is 11.6. The molecule has 48 heavy (non-hydrogen) atoms. The van der Waals surface area contributed by atoms with E-state index in [-0.39, 0.29) is 0 Å². The average molecular weight is 710 g/mol. The molecule has 0 aromatic carbocycles. The number of ether oxygens (including phenoxy) is 6. The number of aliphatic hydroxyl groups excluding tert-OH is 14. The van der Waals surface area contributed by atoms with Gasteiger partial charge in [-0.25, -0.2) is 0 Å². The molecule has 0 aromatic rings. The maximum Gasteiger partial charge on any atom is 0.217 e. The first-order valence-corrected chi connectivity index (χ1v) is 15.0. The highest BCUT2D eigenvalue weighted by molar-refractivity contribution is 5.73. The van der Waals surface area contributed by atoms with Gasteiger partial charge in [0.05, 0.1) is 33.0 Å². The van der Waals surface area contributed by atoms with Gasteiger partial charge in [-0.1, -0.05) is 0 Å². The highest BCUT2D eigenvalue weighted by Gasteiger charge is 2.54. The Kier molecular flexibility index (Phi) is 15.6. The van der Waals surface area contributed by atoms with Crippen LogP contribution >= 0.6 is 0 Å². The smallest absolute Gasteiger partial charge is 0.217 e. The van der Waals surface area contributed by atoms with Gasteiger partial charge in [0.2, 0.25) is 5.91 Å². The number of carbonyl (C=O) groups excluding carboxylic acids is 1. The third kappa shape index (κ3) is 9.12. The lowest BCUT2D eigenvalue weighted by Gasteiger charge is -2.49. The molecule has 0 bridgehead atoms. The SMILES string of the molecule is CC(=O)N[C@H]1[C@H](O[C@@H]([C@@H](O)[C@H](O)CO)[C@@H](O)CO)O[C@H](CO)[C@@H](O[C@@H]2O[C@H](CO)[C@H](O)[C@H](O[C@H]3O[C@H](CO)[C@H](O)[C@H](O)[C@H]3O)[C@H]2O)[C@@H]1O. The Bertz CT molecular complexity index is 982. The van der Waals surface area contributed by atoms with E-state index in [2.05, 4.69) is 5.32 Å². The third-order valence-corrected chi connectivity index (χ3v) is 8.25. The van der Waals surface area contributed by atoms with Gasteiger partial charge in [-0.15, -0.1) is 0 Å². The Morgan fingerprint density at radius 3 is 1.65 bits per heavy atom. The molecule has 3 heterocycles. The van der Waals surface area contributed by atoms with Crippen LogP contribution in [0.5, 0.6) is 0 Å². The zero-order valence-corrected chi connectivity index (χ0v) is 25.6. The minimum absolute atomic E-state index is 0.780. The molecule has 0 spiro atoms. The molecule has 3 aliphatic rings. The first kappa shape index (κ1) is 41.1. The molecular weight excluding hydrogens is 662 g/mol. The number of amides is 1. The molecular formula is C26H47NO21. The van der Waals surface area contributed by atoms with Crippen LogP contribution in [0.3, 0.4) is 0 Å². The molecule has 3 aliphatic heterocycles. The van der Waals surface area contributed by atoms with E-state index in [1.165, 1.54) is 0 Å². The summed E-state index contributed by atoms with van der Waals surface area (Å²) in [5.74, 6) is -0.780. The summed E-state index contributed by atoms with van der Waals surface area (Å²) in [5, 5.41) is 145. The van der Waals surface area contributed by atoms with Crippen molar-refractivity contribution in [2.24, 2.45) is 0 Å². The van der Waals surface area contributed by atoms with Crippen molar-refractivity contribution in [1.29, 1.82) is 0 Å². The lowest BCUT2D eigenvalue weighted by atomic mass is 9.94. The maximum absolute atomic E-state index is 12.1. The van der Waals surface area contributed by atoms with Crippen molar-refractivity contribution in [3.05, 3.63) is 0 Å². The highest BCUT2D eigenvalue weighted by atomic mass is 16.8. The summed E-state index contributed by atoms with van der Waals surface area (Å²) in [4.78, 5) is 12.1. The molecule has 0 radical (unpaired) electrons. The van der Waals surface area contributed by atoms with Crippen LogP contribution in [0.25, 0.3) is 0 Å². The quantitative estimate of drug-likeness (QED) is 0.0750. The fourth-order valence-corrected chi connectivity index (χ4v) is 5.54. The molecule has 22 heteroatoms. The van der Waals surface area contributed by atoms with Crippen LogP contribution in [-0.4, -0.2) is 227 Å². The summed E-state index contributed by atoms with van der Waals surface area (Å²) in [6, 6.07) is -1.65. The minimum Gasteiger partial charge on any atom is -0.394 e. The Balaban J connectivity index is 1.87. The fraction of sp³-hybridized carbons (Fsp3) is 0.962. The first-order chi connectivity index (χ1) is 22.6. The number of hydrogen-bond donors (Lipinski definition) is 15. The van der Waals surface area contributed by atoms with Gasteiger partial charge in [0.25, 0.3) is 0 Å². The van der Waals surface area contributed by atoms with Crippen LogP contribution in [0.1, 0.15) is 6.92 Å². The fourth-order valence-electron chi connectivity index (χ4n) is 5.54. The first-order valence-electron chi connectivity index (χ1n) is 15.0. The molecule has 0 saturated carbocycles. The van der Waals surface area contributed by atoms with Crippen LogP contribution in [0.2, 0.25) is 0 Å². The van der Waals surface area contributed by atoms with Crippen LogP contribution in [0, 0.1) is 0 Å². The zero-order valence-electron chi connectivity index (χ0n) is 25.6. The summed E-state index contributed by atoms with van der Waals surface area (Å²) in [7, 11) is 0. The third-order valence-electron chi connectivity index (χ3n) is 8.25. The lowest BCUT2D eigenvalue weighted by molar-refractivity contribution is -0.378. The average Bonchev–Trinajstić information content (AvgIpc) is 3.07. The monoisotopic (exact) mass is 709 g/mol. The van der Waals surface area contributed by atoms with Crippen molar-refractivity contribution >= 4 is 5.91 Å². The number of rotatable bonds is 15. The van der Waals surface area contributed by atoms with Crippen molar-refractivity contribution in [2.45, 2.75) is 123 Å². The van der Waals surface area contributed by atoms with E-state index in [0.29, 0.717) is 0 Å². The largest absolute Gasteiger partial charge is 0.394 e. The predicted molar refractivity (Wildman–Crippen MR) is 148 cm³/mol. The maximum atomic E-state index is 12.1. The summed E-state index contributed by atoms with van der Waals surface area (Å²) >= 11 is 0. The number of carbonyl (C=O) groups is 1. The Morgan fingerprint density at radius 2 is 1.12 bits per heavy atom. The highest BCUT2D eigenvalue weighted by Crippen LogP contribution is 2.33. The second kappa shape index (κ2) is 18.2. The molecule has 3 fully saturated rings. The Morgan fingerprint density at radius 1 is 0.625 bits per heavy atom. The lowest BCUT2D eigenvalue weighted by Crippen LogP contribution is -2.69. The van der Waals surface area contributed by atoms with Crippen LogP contribution < -0.4 is 5.32 Å². The van der Waals surface area contributed by atoms with Gasteiger partial charge in [-0.05, 0) is 0 Å². The predicted octanol–water partition coefficient (Wildman–Crippen LogP) is -9.97. The molecule has 282 valence electrons. The van der Waals surface area contributed by atoms with Gasteiger partial charge >= 0.3 is 0 Å². The second-order valence-electron chi connectivity index (χ2n) is 11.6. The summed E-state index contributed by atoms with van der Waals surface area (Å²) in [6.07, 6.45) is -32.9. The van der Waals surface area contributed by atoms with Crippen molar-refractivity contribution in [2.75, 3.05) is 33.0 Å². The molecule has 22 nitrogen and oxygen atoms in total. The summed E-state index contributed by atoms with van der Waals surface area (Å²) < 4.78 is 33.2. The van der Waals surface area contributed by atoms with E-state index in [9.17, 15) is 76.3 Å². The molecule has 1 amide bonds. The van der Waals surface area contributed by atoms with Gasteiger partial charge in [0, 0.05) is 6.92 Å². The van der Waals surface area contributed by atoms with E-state index in [0.717, 1.165) is 6.92 Å². The Hall–Kier alpha value is -1.33. The topological polar surface area (TPSA) is 368 Å². The van der Waals surface area contributed by atoms with Gasteiger partial charge in [0.15, 0.2) is 18.9 Å². The van der Waals surface area contributed by atoms with Crippen molar-refractivity contribution < 1.29 is 105 Å². The van der Waals surface area contributed by atoms with Crippen molar-refractivity contribution in [1.82, 2.24) is 5.32 Å². The normalized spacial score (nSPS) is 43.3. The number of hydrogen-bond acceptors (Lipinski definition) is 21. The van der Waals surface area contributed by atoms with Gasteiger partial charge < -0.3 is 105 Å². The van der Waals surface area contributed by atoms with Crippen molar-refractivity contribution in [3.8, 4) is 0 Å². The van der Waals surface area contributed by atoms with Gasteiger partial charge in [0.1, 0.15) is 97.6 Å². The van der Waals surface area contributed by atoms with Crippen LogP contribution in [0.4, 0.5) is 0 Å². The molecule has 3 rings (SSSR count). The zero-order chi connectivity index (χ0) is 36.0. The number of nitrogens with one attached hydrogen (secondary N) is 1. The van der Waals surface area contributed by atoms with E-state index >= 15 is 0 Å². The summed E-state index contributed by atoms with van der Waals surface area (Å²) in [6.45, 7) is -3.66. The molecule has 19 atom stereocenters. The van der Waals surface area contributed by atoms with Crippen LogP contribution in [0.15, 0.2) is 0 Å². The van der Waals surface area contributed by atoms with E-state index in [1.54, 1.807) is 0 Å². The van der Waals surface area contributed by atoms with Gasteiger partial charge in [-0.3, -0.25) is 4.79 Å². The van der Waals surface area contributed by atoms with E-state index in [4.69, 9.17) is 28.4 Å². The molecule has 15 N–H and O–H groups in total. The standard InChI is InChI=1S/C26H47NO21/c1-7(33)27-13-17(39)22(12(6-32)45-24(13)46-21(9(35)3-29)14(36)8(34)2-28)47-26-20(42)23(16(38)11(5-31)44-26)48-25-19(41)18(40)15(37)10(4-30)43-25/h8-26,28-32,34-42H,2-6H2,1H3,(H,27,33)/t8-,9+,10-,11-,12-,13-,14+,15+,16+,17-,18+,19-,20-,21-,22-,23+,24+,25-,26+/m1/s1.